The maximum Gasteiger partial charge on any atom is 0.258 e. The second kappa shape index (κ2) is 10.4. The Balaban J connectivity index is 1.38. The van der Waals surface area contributed by atoms with Gasteiger partial charge < -0.3 is 10.0 Å². The van der Waals surface area contributed by atoms with Gasteiger partial charge in [-0.25, -0.2) is 8.42 Å². The van der Waals surface area contributed by atoms with Crippen LogP contribution in [0.4, 0.5) is 5.69 Å². The predicted molar refractivity (Wildman–Crippen MR) is 143 cm³/mol. The Morgan fingerprint density at radius 2 is 1.76 bits per heavy atom. The Hall–Kier alpha value is -3.07. The summed E-state index contributed by atoms with van der Waals surface area (Å²) < 4.78 is 27.4. The number of carbonyl (C=O) groups is 1. The minimum atomic E-state index is -3.57. The molecule has 1 fully saturated rings. The van der Waals surface area contributed by atoms with E-state index in [4.69, 9.17) is 0 Å². The van der Waals surface area contributed by atoms with Crippen molar-refractivity contribution in [2.45, 2.75) is 55.9 Å². The number of amides is 1. The molecule has 1 N–H and O–H groups in total. The van der Waals surface area contributed by atoms with Gasteiger partial charge in [0.1, 0.15) is 0 Å². The molecule has 0 radical (unpaired) electrons. The molecule has 194 valence electrons. The monoisotopic (exact) mass is 519 g/mol. The van der Waals surface area contributed by atoms with Crippen LogP contribution in [0.2, 0.25) is 0 Å². The predicted octanol–water partition coefficient (Wildman–Crippen LogP) is 4.14. The first-order valence-electron chi connectivity index (χ1n) is 12.9. The van der Waals surface area contributed by atoms with Crippen molar-refractivity contribution in [2.24, 2.45) is 0 Å². The van der Waals surface area contributed by atoms with Crippen molar-refractivity contribution in [1.82, 2.24) is 9.29 Å². The summed E-state index contributed by atoms with van der Waals surface area (Å²) in [7, 11) is -1.77. The highest BCUT2D eigenvalue weighted by Crippen LogP contribution is 2.35. The van der Waals surface area contributed by atoms with E-state index in [9.17, 15) is 18.3 Å². The number of aliphatic hydroxyl groups is 1. The first-order chi connectivity index (χ1) is 17.8. The Labute approximate surface area is 218 Å². The summed E-state index contributed by atoms with van der Waals surface area (Å²) in [6, 6.07) is 16.9. The van der Waals surface area contributed by atoms with Crippen molar-refractivity contribution in [3.8, 4) is 0 Å². The van der Waals surface area contributed by atoms with Gasteiger partial charge >= 0.3 is 0 Å². The fraction of sp³-hybridized carbons (Fsp3) is 0.379. The molecule has 3 heterocycles. The topological polar surface area (TPSA) is 90.8 Å². The normalized spacial score (nSPS) is 19.2. The average Bonchev–Trinajstić information content (AvgIpc) is 2.91. The summed E-state index contributed by atoms with van der Waals surface area (Å²) in [5.41, 5.74) is 5.61. The van der Waals surface area contributed by atoms with Crippen LogP contribution < -0.4 is 4.90 Å². The van der Waals surface area contributed by atoms with Crippen LogP contribution in [0.25, 0.3) is 0 Å². The quantitative estimate of drug-likeness (QED) is 0.547. The van der Waals surface area contributed by atoms with E-state index in [1.165, 1.54) is 4.31 Å². The number of anilines is 1. The molecule has 0 spiro atoms. The molecule has 5 rings (SSSR count). The summed E-state index contributed by atoms with van der Waals surface area (Å²) in [5, 5.41) is 9.70. The standard InChI is InChI=1S/C29H33N3O4S/c1-3-21-17-22-18-23(30-19-28(22)31(2)29(34)27-7-5-4-6-26(21)27)16-20-8-10-25(11-9-20)37(35,36)32-14-12-24(33)13-15-32/h4-11,18-19,21,24,33H,3,12-17H2,1-2H3. The van der Waals surface area contributed by atoms with Crippen molar-refractivity contribution in [3.05, 3.63) is 88.7 Å². The number of aromatic nitrogens is 1. The molecule has 0 saturated carbocycles. The maximum atomic E-state index is 13.3. The van der Waals surface area contributed by atoms with Gasteiger partial charge in [-0.3, -0.25) is 9.78 Å². The van der Waals surface area contributed by atoms with Crippen molar-refractivity contribution in [1.29, 1.82) is 0 Å². The van der Waals surface area contributed by atoms with Crippen molar-refractivity contribution in [2.75, 3.05) is 25.0 Å². The largest absolute Gasteiger partial charge is 0.393 e. The Kier molecular flexibility index (Phi) is 7.16. The van der Waals surface area contributed by atoms with Gasteiger partial charge in [0.05, 0.1) is 22.9 Å². The minimum absolute atomic E-state index is 0.0236. The summed E-state index contributed by atoms with van der Waals surface area (Å²) in [4.78, 5) is 19.9. The molecule has 2 aliphatic heterocycles. The zero-order valence-corrected chi connectivity index (χ0v) is 22.1. The first-order valence-corrected chi connectivity index (χ1v) is 14.3. The van der Waals surface area contributed by atoms with Gasteiger partial charge in [-0.1, -0.05) is 37.3 Å². The third kappa shape index (κ3) is 5.06. The van der Waals surface area contributed by atoms with Crippen LogP contribution in [0.15, 0.2) is 65.7 Å². The van der Waals surface area contributed by atoms with E-state index in [1.54, 1.807) is 30.3 Å². The number of sulfonamides is 1. The number of hydrogen-bond donors (Lipinski definition) is 1. The van der Waals surface area contributed by atoms with E-state index < -0.39 is 16.1 Å². The lowest BCUT2D eigenvalue weighted by Crippen LogP contribution is -2.39. The number of hydrogen-bond acceptors (Lipinski definition) is 5. The molecule has 1 aromatic heterocycles. The zero-order valence-electron chi connectivity index (χ0n) is 21.3. The maximum absolute atomic E-state index is 13.3. The van der Waals surface area contributed by atoms with Crippen molar-refractivity contribution in [3.63, 3.8) is 0 Å². The van der Waals surface area contributed by atoms with E-state index in [-0.39, 0.29) is 16.7 Å². The molecule has 2 aliphatic rings. The van der Waals surface area contributed by atoms with Gasteiger partial charge in [0.2, 0.25) is 10.0 Å². The molecule has 8 heteroatoms. The second-order valence-electron chi connectivity index (χ2n) is 10.0. The average molecular weight is 520 g/mol. The van der Waals surface area contributed by atoms with Gasteiger partial charge in [-0.15, -0.1) is 0 Å². The Morgan fingerprint density at radius 3 is 2.46 bits per heavy atom. The number of piperidine rings is 1. The molecule has 3 aromatic rings. The molecular weight excluding hydrogens is 486 g/mol. The van der Waals surface area contributed by atoms with Crippen LogP contribution in [0.5, 0.6) is 0 Å². The van der Waals surface area contributed by atoms with Crippen LogP contribution in [0, 0.1) is 0 Å². The number of nitrogens with zero attached hydrogens (tertiary/aromatic N) is 3. The molecule has 7 nitrogen and oxygen atoms in total. The van der Waals surface area contributed by atoms with Crippen LogP contribution in [0.3, 0.4) is 0 Å². The summed E-state index contributed by atoms with van der Waals surface area (Å²) >= 11 is 0. The lowest BCUT2D eigenvalue weighted by atomic mass is 9.84. The highest BCUT2D eigenvalue weighted by atomic mass is 32.2. The minimum Gasteiger partial charge on any atom is -0.393 e. The van der Waals surface area contributed by atoms with Gasteiger partial charge in [0.15, 0.2) is 0 Å². The smallest absolute Gasteiger partial charge is 0.258 e. The number of pyridine rings is 1. The molecule has 1 saturated heterocycles. The lowest BCUT2D eigenvalue weighted by molar-refractivity contribution is 0.0990. The second-order valence-corrected chi connectivity index (χ2v) is 12.0. The molecule has 0 aliphatic carbocycles. The van der Waals surface area contributed by atoms with Gasteiger partial charge in [-0.05, 0) is 72.6 Å². The van der Waals surface area contributed by atoms with E-state index >= 15 is 0 Å². The van der Waals surface area contributed by atoms with Gasteiger partial charge in [0.25, 0.3) is 5.91 Å². The Bertz CT molecular complexity index is 1400. The van der Waals surface area contributed by atoms with Crippen LogP contribution >= 0.6 is 0 Å². The molecule has 37 heavy (non-hydrogen) atoms. The third-order valence-corrected chi connectivity index (χ3v) is 9.56. The summed E-state index contributed by atoms with van der Waals surface area (Å²) in [6.07, 6.45) is 4.60. The van der Waals surface area contributed by atoms with Crippen LogP contribution in [-0.2, 0) is 22.9 Å². The fourth-order valence-electron chi connectivity index (χ4n) is 5.40. The number of carbonyl (C=O) groups excluding carboxylic acids is 1. The van der Waals surface area contributed by atoms with Gasteiger partial charge in [-0.2, -0.15) is 4.31 Å². The molecule has 2 aromatic carbocycles. The molecule has 1 atom stereocenters. The van der Waals surface area contributed by atoms with E-state index in [1.807, 2.05) is 30.3 Å². The van der Waals surface area contributed by atoms with E-state index in [2.05, 4.69) is 24.0 Å². The van der Waals surface area contributed by atoms with Crippen LogP contribution in [0.1, 0.15) is 64.8 Å². The fourth-order valence-corrected chi connectivity index (χ4v) is 6.87. The highest BCUT2D eigenvalue weighted by molar-refractivity contribution is 7.89. The molecule has 1 amide bonds. The highest BCUT2D eigenvalue weighted by Gasteiger charge is 2.29. The van der Waals surface area contributed by atoms with Crippen molar-refractivity contribution >= 4 is 21.6 Å². The summed E-state index contributed by atoms with van der Waals surface area (Å²) in [5.74, 6) is 0.216. The van der Waals surface area contributed by atoms with Gasteiger partial charge in [0, 0.05) is 37.8 Å². The Morgan fingerprint density at radius 1 is 1.05 bits per heavy atom. The molecule has 1 unspecified atom stereocenters. The van der Waals surface area contributed by atoms with E-state index in [0.29, 0.717) is 32.4 Å². The number of fused-ring (bicyclic) bond motifs is 2. The molecular formula is C29H33N3O4S. The lowest BCUT2D eigenvalue weighted by Gasteiger charge is -2.29. The van der Waals surface area contributed by atoms with E-state index in [0.717, 1.165) is 46.5 Å². The SMILES string of the molecule is CCC1Cc2cc(Cc3ccc(S(=O)(=O)N4CCC(O)CC4)cc3)ncc2N(C)C(=O)c2ccccc21. The molecule has 0 bridgehead atoms. The number of rotatable bonds is 5. The third-order valence-electron chi connectivity index (χ3n) is 7.65. The number of aliphatic hydroxyl groups excluding tert-OH is 1. The number of benzene rings is 2. The first kappa shape index (κ1) is 25.6. The van der Waals surface area contributed by atoms with Crippen molar-refractivity contribution < 1.29 is 18.3 Å². The summed E-state index contributed by atoms with van der Waals surface area (Å²) in [6.45, 7) is 2.83. The zero-order chi connectivity index (χ0) is 26.2. The van der Waals surface area contributed by atoms with Crippen LogP contribution in [-0.4, -0.2) is 55.0 Å².